The summed E-state index contributed by atoms with van der Waals surface area (Å²) in [6, 6.07) is 0.140. The Kier molecular flexibility index (Phi) is 9.02. The summed E-state index contributed by atoms with van der Waals surface area (Å²) in [5.41, 5.74) is 0.830. The fourth-order valence-electron chi connectivity index (χ4n) is 5.30. The van der Waals surface area contributed by atoms with E-state index in [1.807, 2.05) is 0 Å². The first kappa shape index (κ1) is 31.5. The van der Waals surface area contributed by atoms with Crippen molar-refractivity contribution in [3.05, 3.63) is 41.5 Å². The number of fused-ring (bicyclic) bond motifs is 1. The Labute approximate surface area is 245 Å². The van der Waals surface area contributed by atoms with Crippen LogP contribution in [0.3, 0.4) is 0 Å². The third-order valence-electron chi connectivity index (χ3n) is 7.73. The fraction of sp³-hybridized carbons (Fsp3) is 0.593. The van der Waals surface area contributed by atoms with Crippen molar-refractivity contribution in [1.82, 2.24) is 30.4 Å². The van der Waals surface area contributed by atoms with Crippen LogP contribution in [-0.4, -0.2) is 56.7 Å². The minimum atomic E-state index is -4.46. The van der Waals surface area contributed by atoms with Gasteiger partial charge in [0, 0.05) is 19.3 Å². The van der Waals surface area contributed by atoms with Crippen molar-refractivity contribution < 1.29 is 49.6 Å². The number of aromatic nitrogens is 4. The molecule has 2 atom stereocenters. The number of halogens is 7. The highest BCUT2D eigenvalue weighted by atomic mass is 19.4. The van der Waals surface area contributed by atoms with Gasteiger partial charge in [0.2, 0.25) is 11.8 Å². The minimum Gasteiger partial charge on any atom is -0.469 e. The van der Waals surface area contributed by atoms with Crippen LogP contribution in [0.2, 0.25) is 0 Å². The molecule has 0 unspecified atom stereocenters. The normalized spacial score (nSPS) is 18.7. The molecule has 0 spiro atoms. The van der Waals surface area contributed by atoms with Crippen molar-refractivity contribution in [1.29, 1.82) is 0 Å². The summed E-state index contributed by atoms with van der Waals surface area (Å²) >= 11 is 0. The van der Waals surface area contributed by atoms with E-state index in [4.69, 9.17) is 9.26 Å². The number of hydrogen-bond donors (Lipinski definition) is 2. The molecule has 2 saturated carbocycles. The van der Waals surface area contributed by atoms with E-state index in [0.717, 1.165) is 19.1 Å². The van der Waals surface area contributed by atoms with Crippen molar-refractivity contribution >= 4 is 17.5 Å². The van der Waals surface area contributed by atoms with Crippen LogP contribution in [0.25, 0.3) is 5.65 Å². The molecule has 240 valence electrons. The molecule has 0 bridgehead atoms. The van der Waals surface area contributed by atoms with E-state index in [0.29, 0.717) is 11.2 Å². The van der Waals surface area contributed by atoms with E-state index in [1.54, 1.807) is 6.07 Å². The fourth-order valence-corrected chi connectivity index (χ4v) is 5.30. The topological polar surface area (TPSA) is 124 Å². The predicted octanol–water partition coefficient (Wildman–Crippen LogP) is 5.57. The second-order valence-corrected chi connectivity index (χ2v) is 11.1. The van der Waals surface area contributed by atoms with Crippen molar-refractivity contribution in [3.63, 3.8) is 0 Å². The lowest BCUT2D eigenvalue weighted by atomic mass is 9.81. The van der Waals surface area contributed by atoms with Gasteiger partial charge in [0.15, 0.2) is 12.3 Å². The number of amides is 2. The Morgan fingerprint density at radius 3 is 2.45 bits per heavy atom. The molecule has 17 heteroatoms. The Bertz CT molecular complexity index is 1460. The van der Waals surface area contributed by atoms with Crippen LogP contribution in [0.5, 0.6) is 5.88 Å². The summed E-state index contributed by atoms with van der Waals surface area (Å²) in [4.78, 5) is 30.1. The highest BCUT2D eigenvalue weighted by Gasteiger charge is 2.40. The number of ether oxygens (including phenoxy) is 1. The first-order chi connectivity index (χ1) is 20.8. The van der Waals surface area contributed by atoms with Crippen LogP contribution in [0.4, 0.5) is 30.7 Å². The quantitative estimate of drug-likeness (QED) is 0.250. The van der Waals surface area contributed by atoms with Gasteiger partial charge in [-0.3, -0.25) is 9.59 Å². The number of imidazole rings is 1. The van der Waals surface area contributed by atoms with Crippen LogP contribution < -0.4 is 15.4 Å². The third-order valence-corrected chi connectivity index (χ3v) is 7.73. The number of hydrogen-bond acceptors (Lipinski definition) is 7. The molecule has 2 fully saturated rings. The lowest BCUT2D eigenvalue weighted by Gasteiger charge is -2.33. The number of rotatable bonds is 12. The van der Waals surface area contributed by atoms with E-state index in [1.165, 1.54) is 16.9 Å². The predicted molar refractivity (Wildman–Crippen MR) is 137 cm³/mol. The van der Waals surface area contributed by atoms with Gasteiger partial charge in [0.05, 0.1) is 36.6 Å². The van der Waals surface area contributed by atoms with Gasteiger partial charge in [0.1, 0.15) is 11.8 Å². The summed E-state index contributed by atoms with van der Waals surface area (Å²) in [6.07, 6.45) is -4.55. The third kappa shape index (κ3) is 7.96. The molecular formula is C27H29F7N6O4. The molecule has 3 heterocycles. The molecule has 10 nitrogen and oxygen atoms in total. The molecule has 0 radical (unpaired) electrons. The first-order valence-corrected chi connectivity index (χ1v) is 14.0. The second kappa shape index (κ2) is 12.6. The molecule has 3 aromatic rings. The van der Waals surface area contributed by atoms with Crippen molar-refractivity contribution in [2.24, 2.45) is 11.8 Å². The molecule has 0 aromatic carbocycles. The zero-order chi connectivity index (χ0) is 31.6. The zero-order valence-electron chi connectivity index (χ0n) is 23.1. The van der Waals surface area contributed by atoms with E-state index in [2.05, 4.69) is 25.9 Å². The molecule has 2 amide bonds. The van der Waals surface area contributed by atoms with Gasteiger partial charge in [-0.15, -0.1) is 0 Å². The van der Waals surface area contributed by atoms with Crippen molar-refractivity contribution in [3.8, 4) is 5.88 Å². The zero-order valence-corrected chi connectivity index (χ0v) is 23.1. The Morgan fingerprint density at radius 1 is 1.09 bits per heavy atom. The largest absolute Gasteiger partial charge is 0.469 e. The number of nitrogens with zero attached hydrogens (tertiary/aromatic N) is 4. The maximum atomic E-state index is 14.0. The minimum absolute atomic E-state index is 0.0181. The Hall–Kier alpha value is -3.92. The highest BCUT2D eigenvalue weighted by Crippen LogP contribution is 2.43. The van der Waals surface area contributed by atoms with Crippen LogP contribution in [0.1, 0.15) is 85.1 Å². The number of nitrogens with one attached hydrogen (secondary N) is 2. The van der Waals surface area contributed by atoms with Gasteiger partial charge < -0.3 is 19.9 Å². The number of carbonyl (C=O) groups is 2. The van der Waals surface area contributed by atoms with Crippen molar-refractivity contribution in [2.75, 3.05) is 6.61 Å². The average Bonchev–Trinajstić information content (AvgIpc) is 3.52. The maximum absolute atomic E-state index is 14.0. The summed E-state index contributed by atoms with van der Waals surface area (Å²) in [5.74, 6) is -5.32. The Morgan fingerprint density at radius 2 is 1.80 bits per heavy atom. The molecule has 0 saturated heterocycles. The van der Waals surface area contributed by atoms with Crippen LogP contribution >= 0.6 is 0 Å². The van der Waals surface area contributed by atoms with Gasteiger partial charge in [-0.25, -0.2) is 27.1 Å². The highest BCUT2D eigenvalue weighted by molar-refractivity contribution is 5.96. The molecule has 2 N–H and O–H groups in total. The smallest absolute Gasteiger partial charge is 0.389 e. The lowest BCUT2D eigenvalue weighted by Crippen LogP contribution is -2.37. The van der Waals surface area contributed by atoms with E-state index >= 15 is 0 Å². The van der Waals surface area contributed by atoms with Crippen molar-refractivity contribution in [2.45, 2.75) is 82.0 Å². The lowest BCUT2D eigenvalue weighted by molar-refractivity contribution is -0.144. The standard InChI is InChI=1S/C27H29F7N6O4/c28-19(29)13-43-25-17(12-44-39-25)24(42)38-23(15-3-6-26(30,31)7-4-15)18-11-40-20(36-18)9-16(10-35-40)22(14-1-2-14)37-21(41)5-8-27(32,33)34/h9-12,14-15,19,22-23H,1-8,13H2,(H,37,41)(H,38,42)/t22-,23+/m1/s1. The summed E-state index contributed by atoms with van der Waals surface area (Å²) in [7, 11) is 0. The average molecular weight is 635 g/mol. The molecule has 2 aliphatic rings. The van der Waals surface area contributed by atoms with Gasteiger partial charge in [-0.1, -0.05) is 0 Å². The summed E-state index contributed by atoms with van der Waals surface area (Å²) in [5, 5.41) is 13.2. The monoisotopic (exact) mass is 634 g/mol. The van der Waals surface area contributed by atoms with Gasteiger partial charge in [-0.05, 0) is 54.3 Å². The molecule has 5 rings (SSSR count). The molecule has 2 aliphatic carbocycles. The molecule has 3 aromatic heterocycles. The van der Waals surface area contributed by atoms with Gasteiger partial charge >= 0.3 is 6.18 Å². The number of carbonyl (C=O) groups excluding carboxylic acids is 2. The van der Waals surface area contributed by atoms with Gasteiger partial charge in [0.25, 0.3) is 18.2 Å². The molecular weight excluding hydrogens is 605 g/mol. The van der Waals surface area contributed by atoms with E-state index < -0.39 is 86.5 Å². The molecule has 44 heavy (non-hydrogen) atoms. The maximum Gasteiger partial charge on any atom is 0.389 e. The Balaban J connectivity index is 1.39. The van der Waals surface area contributed by atoms with Gasteiger partial charge in [-0.2, -0.15) is 18.3 Å². The van der Waals surface area contributed by atoms with E-state index in [9.17, 15) is 40.3 Å². The number of alkyl halides is 7. The van der Waals surface area contributed by atoms with E-state index in [-0.39, 0.29) is 30.0 Å². The second-order valence-electron chi connectivity index (χ2n) is 11.1. The van der Waals surface area contributed by atoms with Crippen LogP contribution in [0, 0.1) is 11.8 Å². The summed E-state index contributed by atoms with van der Waals surface area (Å²) < 4.78 is 102. The van der Waals surface area contributed by atoms with Crippen LogP contribution in [0.15, 0.2) is 29.2 Å². The molecule has 0 aliphatic heterocycles. The SMILES string of the molecule is O=C(CCC(F)(F)F)N[C@@H](c1cnn2cc([C@@H](NC(=O)c3conc3OCC(F)F)C3CCC(F)(F)CC3)nc2c1)C1CC1. The van der Waals surface area contributed by atoms with Crippen LogP contribution in [-0.2, 0) is 4.79 Å². The first-order valence-electron chi connectivity index (χ1n) is 14.0. The summed E-state index contributed by atoms with van der Waals surface area (Å²) in [6.45, 7) is -1.03.